The van der Waals surface area contributed by atoms with Crippen LogP contribution in [0.15, 0.2) is 18.2 Å². The predicted octanol–water partition coefficient (Wildman–Crippen LogP) is 2.51. The summed E-state index contributed by atoms with van der Waals surface area (Å²) in [6.45, 7) is 3.89. The minimum absolute atomic E-state index is 0.0171. The van der Waals surface area contributed by atoms with E-state index < -0.39 is 5.82 Å². The summed E-state index contributed by atoms with van der Waals surface area (Å²) in [4.78, 5) is 12.0. The predicted molar refractivity (Wildman–Crippen MR) is 81.5 cm³/mol. The third kappa shape index (κ3) is 3.43. The van der Waals surface area contributed by atoms with Crippen LogP contribution < -0.4 is 5.32 Å². The van der Waals surface area contributed by atoms with Crippen LogP contribution in [0.3, 0.4) is 0 Å². The molecule has 114 valence electrons. The Bertz CT molecular complexity index is 761. The monoisotopic (exact) mass is 320 g/mol. The molecule has 0 aliphatic carbocycles. The average Bonchev–Trinajstić information content (AvgIpc) is 2.88. The molecule has 22 heavy (non-hydrogen) atoms. The normalized spacial score (nSPS) is 10.0. The minimum Gasteiger partial charge on any atom is -0.350 e. The van der Waals surface area contributed by atoms with Crippen molar-refractivity contribution in [2.75, 3.05) is 6.54 Å². The molecule has 0 aliphatic rings. The highest BCUT2D eigenvalue weighted by Gasteiger charge is 2.17. The molecule has 0 aliphatic heterocycles. The zero-order valence-electron chi connectivity index (χ0n) is 12.2. The third-order valence-corrected chi connectivity index (χ3v) is 3.26. The maximum absolute atomic E-state index is 13.2. The van der Waals surface area contributed by atoms with Crippen LogP contribution in [0, 0.1) is 24.6 Å². The number of benzene rings is 1. The number of amides is 1. The number of nitrogens with zero attached hydrogens (tertiary/aromatic N) is 3. The molecular weight excluding hydrogens is 307 g/mol. The molecule has 0 saturated carbocycles. The molecule has 0 bridgehead atoms. The van der Waals surface area contributed by atoms with Gasteiger partial charge in [0, 0.05) is 13.0 Å². The Morgan fingerprint density at radius 1 is 1.50 bits per heavy atom. The smallest absolute Gasteiger partial charge is 0.273 e. The number of nitrogens with one attached hydrogen (secondary N) is 1. The van der Waals surface area contributed by atoms with Gasteiger partial charge >= 0.3 is 0 Å². The van der Waals surface area contributed by atoms with Gasteiger partial charge in [0.05, 0.1) is 16.4 Å². The lowest BCUT2D eigenvalue weighted by Gasteiger charge is -2.05. The van der Waals surface area contributed by atoms with Crippen molar-refractivity contribution < 1.29 is 9.18 Å². The van der Waals surface area contributed by atoms with Gasteiger partial charge in [-0.25, -0.2) is 9.07 Å². The van der Waals surface area contributed by atoms with E-state index >= 15 is 0 Å². The van der Waals surface area contributed by atoms with E-state index in [1.54, 1.807) is 13.8 Å². The van der Waals surface area contributed by atoms with E-state index in [9.17, 15) is 9.18 Å². The maximum atomic E-state index is 13.2. The molecule has 0 unspecified atom stereocenters. The van der Waals surface area contributed by atoms with Crippen molar-refractivity contribution >= 4 is 17.5 Å². The lowest BCUT2D eigenvalue weighted by atomic mass is 10.2. The molecular formula is C15H14ClFN4O. The van der Waals surface area contributed by atoms with Gasteiger partial charge in [0.15, 0.2) is 5.69 Å². The van der Waals surface area contributed by atoms with E-state index in [1.807, 2.05) is 0 Å². The van der Waals surface area contributed by atoms with Gasteiger partial charge in [-0.2, -0.15) is 0 Å². The summed E-state index contributed by atoms with van der Waals surface area (Å²) < 4.78 is 14.6. The summed E-state index contributed by atoms with van der Waals surface area (Å²) in [6.07, 6.45) is 0.572. The fraction of sp³-hybridized carbons (Fsp3) is 0.267. The molecule has 1 aromatic carbocycles. The second-order valence-corrected chi connectivity index (χ2v) is 4.87. The molecule has 1 amide bonds. The Balaban J connectivity index is 2.19. The molecule has 1 aromatic heterocycles. The van der Waals surface area contributed by atoms with Crippen molar-refractivity contribution in [1.82, 2.24) is 20.3 Å². The molecule has 1 N–H and O–H groups in total. The topological polar surface area (TPSA) is 59.8 Å². The second kappa shape index (κ2) is 7.05. The molecule has 0 spiro atoms. The molecule has 5 nitrogen and oxygen atoms in total. The van der Waals surface area contributed by atoms with E-state index in [2.05, 4.69) is 27.5 Å². The number of halogens is 2. The molecule has 0 fully saturated rings. The van der Waals surface area contributed by atoms with Crippen molar-refractivity contribution in [3.8, 4) is 17.5 Å². The minimum atomic E-state index is -0.516. The van der Waals surface area contributed by atoms with Gasteiger partial charge in [0.1, 0.15) is 5.82 Å². The first kappa shape index (κ1) is 16.0. The number of hydrogen-bond acceptors (Lipinski definition) is 3. The van der Waals surface area contributed by atoms with Crippen molar-refractivity contribution in [3.63, 3.8) is 0 Å². The van der Waals surface area contributed by atoms with E-state index in [4.69, 9.17) is 11.6 Å². The van der Waals surface area contributed by atoms with Crippen molar-refractivity contribution in [3.05, 3.63) is 40.4 Å². The first-order valence-corrected chi connectivity index (χ1v) is 6.98. The summed E-state index contributed by atoms with van der Waals surface area (Å²) in [7, 11) is 0. The van der Waals surface area contributed by atoms with Crippen LogP contribution in [0.25, 0.3) is 5.69 Å². The lowest BCUT2D eigenvalue weighted by Crippen LogP contribution is -2.25. The molecule has 0 atom stereocenters. The van der Waals surface area contributed by atoms with Crippen LogP contribution >= 0.6 is 11.6 Å². The summed E-state index contributed by atoms with van der Waals surface area (Å²) in [5, 5.41) is 10.5. The summed E-state index contributed by atoms with van der Waals surface area (Å²) >= 11 is 5.75. The number of aromatic nitrogens is 3. The number of hydrogen-bond donors (Lipinski definition) is 1. The highest BCUT2D eigenvalue weighted by atomic mass is 35.5. The number of carbonyl (C=O) groups is 1. The SMILES string of the molecule is CC#CCCNC(=O)c1nnn(-c2ccc(F)c(Cl)c2)c1C. The molecule has 1 heterocycles. The fourth-order valence-electron chi connectivity index (χ4n) is 1.85. The average molecular weight is 321 g/mol. The van der Waals surface area contributed by atoms with Crippen molar-refractivity contribution in [1.29, 1.82) is 0 Å². The first-order chi connectivity index (χ1) is 10.5. The highest BCUT2D eigenvalue weighted by molar-refractivity contribution is 6.30. The molecule has 0 saturated heterocycles. The fourth-order valence-corrected chi connectivity index (χ4v) is 2.02. The molecule has 0 radical (unpaired) electrons. The van der Waals surface area contributed by atoms with Crippen LogP contribution in [-0.4, -0.2) is 27.4 Å². The molecule has 2 rings (SSSR count). The largest absolute Gasteiger partial charge is 0.350 e. The van der Waals surface area contributed by atoms with Crippen molar-refractivity contribution in [2.45, 2.75) is 20.3 Å². The zero-order chi connectivity index (χ0) is 16.1. The maximum Gasteiger partial charge on any atom is 0.273 e. The van der Waals surface area contributed by atoms with E-state index in [0.29, 0.717) is 24.3 Å². The summed E-state index contributed by atoms with van der Waals surface area (Å²) in [6, 6.07) is 4.18. The Labute approximate surface area is 132 Å². The Morgan fingerprint density at radius 2 is 2.27 bits per heavy atom. The van der Waals surface area contributed by atoms with E-state index in [1.165, 1.54) is 22.9 Å². The van der Waals surface area contributed by atoms with Gasteiger partial charge in [-0.15, -0.1) is 16.9 Å². The van der Waals surface area contributed by atoms with Crippen LogP contribution in [0.5, 0.6) is 0 Å². The van der Waals surface area contributed by atoms with Gasteiger partial charge in [-0.05, 0) is 32.0 Å². The van der Waals surface area contributed by atoms with Gasteiger partial charge in [0.2, 0.25) is 0 Å². The molecule has 2 aromatic rings. The zero-order valence-corrected chi connectivity index (χ0v) is 12.9. The van der Waals surface area contributed by atoms with E-state index in [-0.39, 0.29) is 16.6 Å². The van der Waals surface area contributed by atoms with Crippen LogP contribution in [0.2, 0.25) is 5.02 Å². The Kier molecular flexibility index (Phi) is 5.12. The van der Waals surface area contributed by atoms with Gasteiger partial charge in [-0.3, -0.25) is 4.79 Å². The van der Waals surface area contributed by atoms with Crippen molar-refractivity contribution in [2.24, 2.45) is 0 Å². The number of rotatable bonds is 4. The molecule has 7 heteroatoms. The van der Waals surface area contributed by atoms with Crippen LogP contribution in [0.4, 0.5) is 4.39 Å². The first-order valence-electron chi connectivity index (χ1n) is 6.60. The van der Waals surface area contributed by atoms with Crippen LogP contribution in [0.1, 0.15) is 29.5 Å². The lowest BCUT2D eigenvalue weighted by molar-refractivity contribution is 0.0949. The summed E-state index contributed by atoms with van der Waals surface area (Å²) in [5.41, 5.74) is 1.29. The third-order valence-electron chi connectivity index (χ3n) is 2.97. The number of carbonyl (C=O) groups excluding carboxylic acids is 1. The quantitative estimate of drug-likeness (QED) is 0.695. The van der Waals surface area contributed by atoms with E-state index in [0.717, 1.165) is 0 Å². The Hall–Kier alpha value is -2.39. The highest BCUT2D eigenvalue weighted by Crippen LogP contribution is 2.20. The van der Waals surface area contributed by atoms with Gasteiger partial charge in [-0.1, -0.05) is 16.8 Å². The summed E-state index contributed by atoms with van der Waals surface area (Å²) in [5.74, 6) is 4.77. The van der Waals surface area contributed by atoms with Gasteiger partial charge < -0.3 is 5.32 Å². The Morgan fingerprint density at radius 3 is 2.95 bits per heavy atom. The standard InChI is InChI=1S/C15H14ClFN4O/c1-3-4-5-8-18-15(22)14-10(2)21(20-19-14)11-6-7-13(17)12(16)9-11/h6-7,9H,5,8H2,1-2H3,(H,18,22). The second-order valence-electron chi connectivity index (χ2n) is 4.47. The van der Waals surface area contributed by atoms with Gasteiger partial charge in [0.25, 0.3) is 5.91 Å². The van der Waals surface area contributed by atoms with Crippen LogP contribution in [-0.2, 0) is 0 Å².